The lowest BCUT2D eigenvalue weighted by atomic mass is 10.1. The van der Waals surface area contributed by atoms with Gasteiger partial charge < -0.3 is 29.2 Å². The molecule has 128 valence electrons. The van der Waals surface area contributed by atoms with Crippen molar-refractivity contribution in [3.8, 4) is 0 Å². The predicted molar refractivity (Wildman–Crippen MR) is 81.0 cm³/mol. The Hall–Kier alpha value is -0.890. The van der Waals surface area contributed by atoms with E-state index in [1.807, 2.05) is 11.8 Å². The van der Waals surface area contributed by atoms with Gasteiger partial charge in [-0.1, -0.05) is 0 Å². The average molecular weight is 316 g/mol. The highest BCUT2D eigenvalue weighted by molar-refractivity contribution is 5.74. The van der Waals surface area contributed by atoms with E-state index in [-0.39, 0.29) is 24.3 Å². The maximum atomic E-state index is 12.5. The Morgan fingerprint density at radius 3 is 3.05 bits per heavy atom. The topological polar surface area (TPSA) is 69.3 Å². The first-order chi connectivity index (χ1) is 10.7. The minimum Gasteiger partial charge on any atom is -0.382 e. The third-order valence-electron chi connectivity index (χ3n) is 3.97. The number of rotatable bonds is 5. The largest absolute Gasteiger partial charge is 0.382 e. The summed E-state index contributed by atoms with van der Waals surface area (Å²) < 4.78 is 21.8. The summed E-state index contributed by atoms with van der Waals surface area (Å²) in [6, 6.07) is -0.0535. The van der Waals surface area contributed by atoms with Crippen LogP contribution < -0.4 is 5.32 Å². The van der Waals surface area contributed by atoms with Crippen LogP contribution in [0.25, 0.3) is 0 Å². The molecule has 2 fully saturated rings. The van der Waals surface area contributed by atoms with Crippen LogP contribution in [0.4, 0.5) is 4.79 Å². The van der Waals surface area contributed by atoms with Gasteiger partial charge in [-0.15, -0.1) is 0 Å². The van der Waals surface area contributed by atoms with Crippen LogP contribution in [0.3, 0.4) is 0 Å². The highest BCUT2D eigenvalue weighted by atomic mass is 16.6. The van der Waals surface area contributed by atoms with Crippen molar-refractivity contribution in [1.29, 1.82) is 0 Å². The van der Waals surface area contributed by atoms with Gasteiger partial charge in [-0.25, -0.2) is 4.79 Å². The molecule has 3 atom stereocenters. The lowest BCUT2D eigenvalue weighted by Gasteiger charge is -2.34. The molecule has 0 aromatic heterocycles. The summed E-state index contributed by atoms with van der Waals surface area (Å²) in [6.07, 6.45) is 1.60. The van der Waals surface area contributed by atoms with Crippen molar-refractivity contribution in [2.75, 3.05) is 53.2 Å². The van der Waals surface area contributed by atoms with E-state index in [9.17, 15) is 4.79 Å². The number of nitrogens with one attached hydrogen (secondary N) is 1. The lowest BCUT2D eigenvalue weighted by Crippen LogP contribution is -2.54. The molecule has 2 saturated heterocycles. The number of hydrogen-bond acceptors (Lipinski definition) is 5. The zero-order chi connectivity index (χ0) is 15.8. The van der Waals surface area contributed by atoms with Crippen molar-refractivity contribution in [2.24, 2.45) is 0 Å². The molecule has 0 bridgehead atoms. The minimum atomic E-state index is -0.117. The van der Waals surface area contributed by atoms with Crippen LogP contribution in [-0.4, -0.2) is 82.4 Å². The maximum absolute atomic E-state index is 12.5. The molecule has 22 heavy (non-hydrogen) atoms. The fourth-order valence-electron chi connectivity index (χ4n) is 2.75. The summed E-state index contributed by atoms with van der Waals surface area (Å²) in [5, 5.41) is 3.10. The van der Waals surface area contributed by atoms with E-state index in [0.717, 1.165) is 19.4 Å². The summed E-state index contributed by atoms with van der Waals surface area (Å²) in [5.41, 5.74) is 0. The Bertz CT molecular complexity index is 342. The van der Waals surface area contributed by atoms with Crippen molar-refractivity contribution in [1.82, 2.24) is 10.2 Å². The average Bonchev–Trinajstić information content (AvgIpc) is 2.74. The number of ether oxygens (including phenoxy) is 4. The molecule has 3 unspecified atom stereocenters. The van der Waals surface area contributed by atoms with Crippen LogP contribution in [0.1, 0.15) is 19.8 Å². The summed E-state index contributed by atoms with van der Waals surface area (Å²) in [4.78, 5) is 14.3. The van der Waals surface area contributed by atoms with Gasteiger partial charge in [0.25, 0.3) is 0 Å². The Kier molecular flexibility index (Phi) is 7.38. The van der Waals surface area contributed by atoms with Crippen molar-refractivity contribution in [3.63, 3.8) is 0 Å². The van der Waals surface area contributed by atoms with Crippen LogP contribution in [0.15, 0.2) is 0 Å². The normalized spacial score (nSPS) is 29.9. The summed E-state index contributed by atoms with van der Waals surface area (Å²) in [7, 11) is 1.64. The summed E-state index contributed by atoms with van der Waals surface area (Å²) >= 11 is 0. The Labute approximate surface area is 132 Å². The second kappa shape index (κ2) is 9.29. The van der Waals surface area contributed by atoms with Gasteiger partial charge in [-0.3, -0.25) is 0 Å². The molecule has 1 N–H and O–H groups in total. The second-order valence-corrected chi connectivity index (χ2v) is 5.80. The van der Waals surface area contributed by atoms with E-state index < -0.39 is 0 Å². The van der Waals surface area contributed by atoms with Gasteiger partial charge in [0, 0.05) is 33.4 Å². The third-order valence-corrected chi connectivity index (χ3v) is 3.97. The molecule has 7 heteroatoms. The van der Waals surface area contributed by atoms with E-state index >= 15 is 0 Å². The molecule has 2 aliphatic rings. The van der Waals surface area contributed by atoms with Gasteiger partial charge in [0.05, 0.1) is 32.0 Å². The van der Waals surface area contributed by atoms with Gasteiger partial charge in [-0.2, -0.15) is 0 Å². The Balaban J connectivity index is 1.84. The van der Waals surface area contributed by atoms with E-state index in [2.05, 4.69) is 5.32 Å². The summed E-state index contributed by atoms with van der Waals surface area (Å²) in [6.45, 7) is 6.27. The smallest absolute Gasteiger partial charge is 0.317 e. The van der Waals surface area contributed by atoms with Crippen LogP contribution in [0.5, 0.6) is 0 Å². The van der Waals surface area contributed by atoms with Crippen molar-refractivity contribution in [3.05, 3.63) is 0 Å². The molecule has 2 aliphatic heterocycles. The van der Waals surface area contributed by atoms with Gasteiger partial charge in [0.1, 0.15) is 6.10 Å². The van der Waals surface area contributed by atoms with E-state index in [1.165, 1.54) is 0 Å². The molecule has 2 amide bonds. The second-order valence-electron chi connectivity index (χ2n) is 5.80. The first kappa shape index (κ1) is 17.5. The zero-order valence-corrected chi connectivity index (χ0v) is 13.6. The van der Waals surface area contributed by atoms with Gasteiger partial charge in [0.15, 0.2) is 0 Å². The molecule has 2 rings (SSSR count). The lowest BCUT2D eigenvalue weighted by molar-refractivity contribution is -0.0765. The minimum absolute atomic E-state index is 0.0161. The number of methoxy groups -OCH3 is 1. The number of hydrogen-bond donors (Lipinski definition) is 1. The first-order valence-electron chi connectivity index (χ1n) is 8.06. The molecule has 0 radical (unpaired) electrons. The number of carbonyl (C=O) groups is 1. The van der Waals surface area contributed by atoms with Crippen LogP contribution >= 0.6 is 0 Å². The van der Waals surface area contributed by atoms with Crippen molar-refractivity contribution < 1.29 is 23.7 Å². The van der Waals surface area contributed by atoms with Crippen LogP contribution in [-0.2, 0) is 18.9 Å². The fourth-order valence-corrected chi connectivity index (χ4v) is 2.75. The molecule has 7 nitrogen and oxygen atoms in total. The number of nitrogens with zero attached hydrogens (tertiary/aromatic N) is 1. The van der Waals surface area contributed by atoms with E-state index in [4.69, 9.17) is 18.9 Å². The van der Waals surface area contributed by atoms with Crippen LogP contribution in [0.2, 0.25) is 0 Å². The Morgan fingerprint density at radius 2 is 2.23 bits per heavy atom. The number of amides is 2. The monoisotopic (exact) mass is 316 g/mol. The van der Waals surface area contributed by atoms with E-state index in [0.29, 0.717) is 39.6 Å². The van der Waals surface area contributed by atoms with Crippen LogP contribution in [0, 0.1) is 0 Å². The molecule has 0 saturated carbocycles. The standard InChI is InChI=1S/C15H28N2O5/c1-12-10-17(5-3-6-21-12)15(18)16-13-4-7-20-11-14(13)22-9-8-19-2/h12-14H,3-11H2,1-2H3,(H,16,18). The van der Waals surface area contributed by atoms with Gasteiger partial charge >= 0.3 is 6.03 Å². The number of urea groups is 1. The number of carbonyl (C=O) groups excluding carboxylic acids is 1. The molecule has 0 aromatic carbocycles. The first-order valence-corrected chi connectivity index (χ1v) is 8.06. The molecule has 0 aliphatic carbocycles. The zero-order valence-electron chi connectivity index (χ0n) is 13.6. The SMILES string of the molecule is COCCOC1COCCC1NC(=O)N1CCCOC(C)C1. The predicted octanol–water partition coefficient (Wildman–Crippen LogP) is 0.627. The third kappa shape index (κ3) is 5.39. The van der Waals surface area contributed by atoms with Gasteiger partial charge in [-0.05, 0) is 19.8 Å². The molecule has 0 aromatic rings. The summed E-state index contributed by atoms with van der Waals surface area (Å²) in [5.74, 6) is 0. The fraction of sp³-hybridized carbons (Fsp3) is 0.933. The molecular formula is C15H28N2O5. The Morgan fingerprint density at radius 1 is 1.36 bits per heavy atom. The van der Waals surface area contributed by atoms with Crippen molar-refractivity contribution in [2.45, 2.75) is 38.0 Å². The van der Waals surface area contributed by atoms with E-state index in [1.54, 1.807) is 7.11 Å². The maximum Gasteiger partial charge on any atom is 0.317 e. The quantitative estimate of drug-likeness (QED) is 0.753. The highest BCUT2D eigenvalue weighted by Gasteiger charge is 2.30. The highest BCUT2D eigenvalue weighted by Crippen LogP contribution is 2.13. The molecule has 0 spiro atoms. The molecule has 2 heterocycles. The molecular weight excluding hydrogens is 288 g/mol. The van der Waals surface area contributed by atoms with Crippen molar-refractivity contribution >= 4 is 6.03 Å². The van der Waals surface area contributed by atoms with Gasteiger partial charge in [0.2, 0.25) is 0 Å².